The van der Waals surface area contributed by atoms with E-state index in [-0.39, 0.29) is 22.5 Å². The summed E-state index contributed by atoms with van der Waals surface area (Å²) in [7, 11) is 0. The van der Waals surface area contributed by atoms with Gasteiger partial charge in [-0.2, -0.15) is 0 Å². The van der Waals surface area contributed by atoms with Crippen molar-refractivity contribution in [1.29, 1.82) is 0 Å². The van der Waals surface area contributed by atoms with E-state index in [4.69, 9.17) is 4.74 Å². The van der Waals surface area contributed by atoms with E-state index < -0.39 is 42.3 Å². The molecule has 7 heteroatoms. The number of rotatable bonds is 3. The Hall–Kier alpha value is -1.99. The minimum Gasteiger partial charge on any atom is -0.386 e. The van der Waals surface area contributed by atoms with Crippen LogP contribution in [0.3, 0.4) is 0 Å². The largest absolute Gasteiger partial charge is 0.386 e. The summed E-state index contributed by atoms with van der Waals surface area (Å²) in [5.74, 6) is -4.26. The first kappa shape index (κ1) is 21.3. The second kappa shape index (κ2) is 7.94. The van der Waals surface area contributed by atoms with Crippen LogP contribution in [-0.4, -0.2) is 22.6 Å². The van der Waals surface area contributed by atoms with E-state index in [9.17, 15) is 22.7 Å². The highest BCUT2D eigenvalue weighted by Gasteiger charge is 2.42. The number of nitrogens with zero attached hydrogens (tertiary/aromatic N) is 1. The number of alkyl halides is 2. The molecule has 1 unspecified atom stereocenters. The minimum absolute atomic E-state index is 0.0874. The lowest BCUT2D eigenvalue weighted by atomic mass is 9.94. The topological polar surface area (TPSA) is 42.4 Å². The summed E-state index contributed by atoms with van der Waals surface area (Å²) in [6.45, 7) is 6.03. The number of pyridine rings is 1. The molecule has 1 aromatic heterocycles. The maximum atomic E-state index is 14.9. The van der Waals surface area contributed by atoms with Crippen molar-refractivity contribution >= 4 is 0 Å². The zero-order chi connectivity index (χ0) is 20.4. The Kier molecular flexibility index (Phi) is 6.27. The van der Waals surface area contributed by atoms with Crippen LogP contribution in [0.15, 0.2) is 30.3 Å². The van der Waals surface area contributed by atoms with Gasteiger partial charge in [-0.15, -0.1) is 0 Å². The summed E-state index contributed by atoms with van der Waals surface area (Å²) in [5.41, 5.74) is -1.41. The number of aliphatic hydroxyl groups is 1. The average molecular weight is 385 g/mol. The molecule has 3 nitrogen and oxygen atoms in total. The molecular weight excluding hydrogens is 362 g/mol. The predicted molar refractivity (Wildman–Crippen MR) is 94.4 cm³/mol. The van der Waals surface area contributed by atoms with E-state index in [2.05, 4.69) is 4.98 Å². The van der Waals surface area contributed by atoms with Crippen molar-refractivity contribution in [3.8, 4) is 11.3 Å². The summed E-state index contributed by atoms with van der Waals surface area (Å²) in [5, 5.41) is 10.2. The Labute approximate surface area is 156 Å². The van der Waals surface area contributed by atoms with Crippen LogP contribution in [0.5, 0.6) is 0 Å². The SMILES string of the molecule is CC.CC(C)(O)c1cc(C2CC(F)(F)CO2)nc(-c2ccc(F)cc2)c1F. The molecule has 0 amide bonds. The maximum absolute atomic E-state index is 14.9. The van der Waals surface area contributed by atoms with Gasteiger partial charge in [0.15, 0.2) is 5.82 Å². The molecule has 1 saturated heterocycles. The van der Waals surface area contributed by atoms with E-state index in [1.165, 1.54) is 32.0 Å². The van der Waals surface area contributed by atoms with Crippen LogP contribution in [0.25, 0.3) is 11.3 Å². The second-order valence-electron chi connectivity index (χ2n) is 6.68. The van der Waals surface area contributed by atoms with Crippen LogP contribution in [0.1, 0.15) is 51.5 Å². The van der Waals surface area contributed by atoms with E-state index >= 15 is 0 Å². The highest BCUT2D eigenvalue weighted by Crippen LogP contribution is 2.40. The fraction of sp³-hybridized carbons (Fsp3) is 0.450. The fourth-order valence-electron chi connectivity index (χ4n) is 2.76. The van der Waals surface area contributed by atoms with Gasteiger partial charge in [0.05, 0.1) is 11.3 Å². The fourth-order valence-corrected chi connectivity index (χ4v) is 2.76. The molecule has 2 heterocycles. The van der Waals surface area contributed by atoms with Crippen molar-refractivity contribution in [3.63, 3.8) is 0 Å². The molecule has 0 saturated carbocycles. The average Bonchev–Trinajstić information content (AvgIpc) is 2.97. The van der Waals surface area contributed by atoms with Gasteiger partial charge in [0.1, 0.15) is 24.2 Å². The predicted octanol–water partition coefficient (Wildman–Crippen LogP) is 5.38. The number of benzene rings is 1. The smallest absolute Gasteiger partial charge is 0.273 e. The third-order valence-corrected chi connectivity index (χ3v) is 4.06. The van der Waals surface area contributed by atoms with Crippen LogP contribution >= 0.6 is 0 Å². The molecule has 1 aliphatic heterocycles. The molecule has 0 aliphatic carbocycles. The molecule has 0 spiro atoms. The zero-order valence-corrected chi connectivity index (χ0v) is 15.7. The van der Waals surface area contributed by atoms with Crippen LogP contribution in [-0.2, 0) is 10.3 Å². The van der Waals surface area contributed by atoms with Gasteiger partial charge in [0.2, 0.25) is 0 Å². The highest BCUT2D eigenvalue weighted by molar-refractivity contribution is 5.61. The van der Waals surface area contributed by atoms with Gasteiger partial charge >= 0.3 is 0 Å². The number of hydrogen-bond donors (Lipinski definition) is 1. The Morgan fingerprint density at radius 3 is 2.22 bits per heavy atom. The summed E-state index contributed by atoms with van der Waals surface area (Å²) in [4.78, 5) is 4.13. The van der Waals surface area contributed by atoms with Crippen molar-refractivity contribution in [2.45, 2.75) is 51.7 Å². The number of halogens is 4. The van der Waals surface area contributed by atoms with Gasteiger partial charge in [-0.05, 0) is 44.2 Å². The molecule has 1 atom stereocenters. The third kappa shape index (κ3) is 4.84. The first-order chi connectivity index (χ1) is 12.6. The van der Waals surface area contributed by atoms with Crippen molar-refractivity contribution in [2.75, 3.05) is 6.61 Å². The molecule has 1 fully saturated rings. The summed E-state index contributed by atoms with van der Waals surface area (Å²) in [6.07, 6.45) is -1.57. The van der Waals surface area contributed by atoms with Gasteiger partial charge in [0, 0.05) is 17.5 Å². The maximum Gasteiger partial charge on any atom is 0.273 e. The zero-order valence-electron chi connectivity index (χ0n) is 15.7. The van der Waals surface area contributed by atoms with E-state index in [1.54, 1.807) is 0 Å². The Bertz CT molecular complexity index is 786. The van der Waals surface area contributed by atoms with Gasteiger partial charge in [-0.25, -0.2) is 22.5 Å². The van der Waals surface area contributed by atoms with E-state index in [1.807, 2.05) is 13.8 Å². The lowest BCUT2D eigenvalue weighted by Crippen LogP contribution is -2.20. The van der Waals surface area contributed by atoms with Crippen LogP contribution in [0.2, 0.25) is 0 Å². The molecule has 2 aromatic rings. The normalized spacial score (nSPS) is 18.8. The molecule has 0 radical (unpaired) electrons. The summed E-state index contributed by atoms with van der Waals surface area (Å²) < 4.78 is 60.0. The first-order valence-electron chi connectivity index (χ1n) is 8.75. The lowest BCUT2D eigenvalue weighted by Gasteiger charge is -2.22. The van der Waals surface area contributed by atoms with Crippen molar-refractivity contribution in [1.82, 2.24) is 4.98 Å². The molecule has 1 N–H and O–H groups in total. The van der Waals surface area contributed by atoms with Gasteiger partial charge in [0.25, 0.3) is 5.92 Å². The minimum atomic E-state index is -2.98. The van der Waals surface area contributed by atoms with Crippen molar-refractivity contribution in [3.05, 3.63) is 53.2 Å². The van der Waals surface area contributed by atoms with Crippen molar-refractivity contribution in [2.24, 2.45) is 0 Å². The van der Waals surface area contributed by atoms with Crippen LogP contribution in [0.4, 0.5) is 17.6 Å². The quantitative estimate of drug-likeness (QED) is 0.722. The summed E-state index contributed by atoms with van der Waals surface area (Å²) >= 11 is 0. The molecule has 1 aromatic carbocycles. The number of hydrogen-bond acceptors (Lipinski definition) is 3. The molecule has 27 heavy (non-hydrogen) atoms. The number of aromatic nitrogens is 1. The van der Waals surface area contributed by atoms with E-state index in [0.29, 0.717) is 0 Å². The van der Waals surface area contributed by atoms with Crippen LogP contribution < -0.4 is 0 Å². The van der Waals surface area contributed by atoms with Gasteiger partial charge in [-0.3, -0.25) is 0 Å². The summed E-state index contributed by atoms with van der Waals surface area (Å²) in [6, 6.07) is 6.21. The Balaban J connectivity index is 0.00000126. The van der Waals surface area contributed by atoms with Crippen LogP contribution in [0, 0.1) is 11.6 Å². The Morgan fingerprint density at radius 1 is 1.15 bits per heavy atom. The third-order valence-electron chi connectivity index (χ3n) is 4.06. The monoisotopic (exact) mass is 385 g/mol. The second-order valence-corrected chi connectivity index (χ2v) is 6.68. The number of ether oxygens (including phenoxy) is 1. The Morgan fingerprint density at radius 2 is 1.74 bits per heavy atom. The molecule has 0 bridgehead atoms. The highest BCUT2D eigenvalue weighted by atomic mass is 19.3. The van der Waals surface area contributed by atoms with Gasteiger partial charge < -0.3 is 9.84 Å². The van der Waals surface area contributed by atoms with E-state index in [0.717, 1.165) is 12.1 Å². The lowest BCUT2D eigenvalue weighted by molar-refractivity contribution is -0.0103. The molecule has 148 valence electrons. The first-order valence-corrected chi connectivity index (χ1v) is 8.75. The van der Waals surface area contributed by atoms with Gasteiger partial charge in [-0.1, -0.05) is 13.8 Å². The molecular formula is C20H23F4NO2. The molecule has 3 rings (SSSR count). The molecule has 1 aliphatic rings. The van der Waals surface area contributed by atoms with Crippen molar-refractivity contribution < 1.29 is 27.4 Å². The standard InChI is InChI=1S/C18H17F4NO2.C2H6/c1-17(2,24)12-7-13(14-8-18(21,22)9-25-14)23-16(15(12)20)10-3-5-11(19)6-4-10;1-2/h3-7,14,24H,8-9H2,1-2H3;1-2H3.